The molecule has 0 aromatic carbocycles. The van der Waals surface area contributed by atoms with Crippen LogP contribution in [0.4, 0.5) is 0 Å². The summed E-state index contributed by atoms with van der Waals surface area (Å²) in [5.74, 6) is 0.834. The molecular weight excluding hydrogens is 208 g/mol. The number of unbranched alkanes of at least 4 members (excludes halogenated alkanes) is 1. The van der Waals surface area contributed by atoms with Crippen molar-refractivity contribution in [2.45, 2.75) is 52.0 Å². The second kappa shape index (κ2) is 8.24. The molecule has 0 saturated carbocycles. The maximum atomic E-state index is 4.08. The predicted octanol–water partition coefficient (Wildman–Crippen LogP) is 3.95. The average molecular weight is 234 g/mol. The van der Waals surface area contributed by atoms with Crippen molar-refractivity contribution in [3.8, 4) is 0 Å². The first kappa shape index (κ1) is 14.2. The Morgan fingerprint density at radius 1 is 1.24 bits per heavy atom. The molecule has 2 atom stereocenters. The van der Waals surface area contributed by atoms with Crippen LogP contribution in [0.15, 0.2) is 24.5 Å². The minimum absolute atomic E-state index is 0.472. The number of rotatable bonds is 8. The van der Waals surface area contributed by atoms with Crippen molar-refractivity contribution in [2.75, 3.05) is 7.05 Å². The lowest BCUT2D eigenvalue weighted by molar-refractivity contribution is 0.365. The lowest BCUT2D eigenvalue weighted by atomic mass is 9.89. The van der Waals surface area contributed by atoms with Crippen molar-refractivity contribution in [3.05, 3.63) is 30.1 Å². The predicted molar refractivity (Wildman–Crippen MR) is 74.0 cm³/mol. The fraction of sp³-hybridized carbons (Fsp3) is 0.667. The maximum Gasteiger partial charge on any atom is 0.0321 e. The van der Waals surface area contributed by atoms with Crippen LogP contribution in [0.1, 0.15) is 57.6 Å². The Morgan fingerprint density at radius 3 is 2.47 bits per heavy atom. The van der Waals surface area contributed by atoms with Gasteiger partial charge in [0.2, 0.25) is 0 Å². The second-order valence-electron chi connectivity index (χ2n) is 4.77. The van der Waals surface area contributed by atoms with E-state index in [0.717, 1.165) is 5.92 Å². The van der Waals surface area contributed by atoms with Gasteiger partial charge in [-0.2, -0.15) is 0 Å². The molecule has 1 rings (SSSR count). The van der Waals surface area contributed by atoms with Crippen LogP contribution in [0.25, 0.3) is 0 Å². The van der Waals surface area contributed by atoms with E-state index < -0.39 is 0 Å². The van der Waals surface area contributed by atoms with Crippen LogP contribution in [-0.4, -0.2) is 12.0 Å². The monoisotopic (exact) mass is 234 g/mol. The summed E-state index contributed by atoms with van der Waals surface area (Å²) < 4.78 is 0. The number of nitrogens with zero attached hydrogens (tertiary/aromatic N) is 1. The Morgan fingerprint density at radius 2 is 1.94 bits per heavy atom. The van der Waals surface area contributed by atoms with Crippen LogP contribution in [0.3, 0.4) is 0 Å². The Bertz CT molecular complexity index is 284. The van der Waals surface area contributed by atoms with Crippen molar-refractivity contribution in [1.82, 2.24) is 10.3 Å². The van der Waals surface area contributed by atoms with E-state index in [1.165, 1.54) is 37.7 Å². The highest BCUT2D eigenvalue weighted by Crippen LogP contribution is 2.26. The minimum Gasteiger partial charge on any atom is -0.313 e. The van der Waals surface area contributed by atoms with Crippen LogP contribution in [0, 0.1) is 5.92 Å². The van der Waals surface area contributed by atoms with Crippen LogP contribution in [0.2, 0.25) is 0 Å². The molecule has 0 spiro atoms. The van der Waals surface area contributed by atoms with Crippen molar-refractivity contribution < 1.29 is 0 Å². The molecule has 1 aromatic heterocycles. The van der Waals surface area contributed by atoms with E-state index in [0.29, 0.717) is 6.04 Å². The highest BCUT2D eigenvalue weighted by Gasteiger charge is 2.15. The molecule has 0 saturated heterocycles. The van der Waals surface area contributed by atoms with E-state index in [1.54, 1.807) is 0 Å². The van der Waals surface area contributed by atoms with Gasteiger partial charge in [-0.15, -0.1) is 0 Å². The van der Waals surface area contributed by atoms with Gasteiger partial charge in [0.1, 0.15) is 0 Å². The molecule has 96 valence electrons. The smallest absolute Gasteiger partial charge is 0.0321 e. The third-order valence-electron chi connectivity index (χ3n) is 3.57. The lowest BCUT2D eigenvalue weighted by Gasteiger charge is -2.22. The summed E-state index contributed by atoms with van der Waals surface area (Å²) in [7, 11) is 2.05. The SMILES string of the molecule is CCCCC(CC)CC(NC)c1ccncc1. The van der Waals surface area contributed by atoms with Crippen molar-refractivity contribution in [2.24, 2.45) is 5.92 Å². The molecule has 0 fully saturated rings. The zero-order valence-corrected chi connectivity index (χ0v) is 11.4. The van der Waals surface area contributed by atoms with Crippen molar-refractivity contribution >= 4 is 0 Å². The van der Waals surface area contributed by atoms with E-state index in [1.807, 2.05) is 12.4 Å². The Balaban J connectivity index is 2.56. The quantitative estimate of drug-likeness (QED) is 0.736. The fourth-order valence-corrected chi connectivity index (χ4v) is 2.33. The molecule has 1 N–H and O–H groups in total. The van der Waals surface area contributed by atoms with Gasteiger partial charge < -0.3 is 5.32 Å². The van der Waals surface area contributed by atoms with E-state index >= 15 is 0 Å². The Hall–Kier alpha value is -0.890. The zero-order valence-electron chi connectivity index (χ0n) is 11.4. The molecular formula is C15H26N2. The average Bonchev–Trinajstić information content (AvgIpc) is 2.40. The van der Waals surface area contributed by atoms with E-state index in [4.69, 9.17) is 0 Å². The number of hydrogen-bond acceptors (Lipinski definition) is 2. The first-order valence-electron chi connectivity index (χ1n) is 6.88. The van der Waals surface area contributed by atoms with Gasteiger partial charge >= 0.3 is 0 Å². The Labute approximate surface area is 106 Å². The Kier molecular flexibility index (Phi) is 6.87. The molecule has 0 bridgehead atoms. The second-order valence-corrected chi connectivity index (χ2v) is 4.77. The highest BCUT2D eigenvalue weighted by atomic mass is 14.9. The van der Waals surface area contributed by atoms with Gasteiger partial charge in [-0.1, -0.05) is 39.5 Å². The van der Waals surface area contributed by atoms with Crippen molar-refractivity contribution in [1.29, 1.82) is 0 Å². The maximum absolute atomic E-state index is 4.08. The van der Waals surface area contributed by atoms with Gasteiger partial charge in [0.05, 0.1) is 0 Å². The molecule has 2 nitrogen and oxygen atoms in total. The molecule has 0 amide bonds. The van der Waals surface area contributed by atoms with Gasteiger partial charge in [0.15, 0.2) is 0 Å². The number of pyridine rings is 1. The van der Waals surface area contributed by atoms with Crippen molar-refractivity contribution in [3.63, 3.8) is 0 Å². The molecule has 0 aliphatic rings. The number of aromatic nitrogens is 1. The van der Waals surface area contributed by atoms with Crippen LogP contribution >= 0.6 is 0 Å². The molecule has 1 heterocycles. The van der Waals surface area contributed by atoms with Crippen LogP contribution in [0.5, 0.6) is 0 Å². The fourth-order valence-electron chi connectivity index (χ4n) is 2.33. The topological polar surface area (TPSA) is 24.9 Å². The van der Waals surface area contributed by atoms with Crippen LogP contribution < -0.4 is 5.32 Å². The normalized spacial score (nSPS) is 14.5. The molecule has 0 aliphatic heterocycles. The third-order valence-corrected chi connectivity index (χ3v) is 3.57. The molecule has 0 aliphatic carbocycles. The van der Waals surface area contributed by atoms with Gasteiger partial charge in [0, 0.05) is 18.4 Å². The van der Waals surface area contributed by atoms with E-state index in [9.17, 15) is 0 Å². The summed E-state index contributed by atoms with van der Waals surface area (Å²) in [6.45, 7) is 4.57. The van der Waals surface area contributed by atoms with Gasteiger partial charge in [-0.25, -0.2) is 0 Å². The summed E-state index contributed by atoms with van der Waals surface area (Å²) in [6.07, 6.45) is 10.3. The molecule has 0 radical (unpaired) electrons. The van der Waals surface area contributed by atoms with Crippen LogP contribution in [-0.2, 0) is 0 Å². The van der Waals surface area contributed by atoms with E-state index in [-0.39, 0.29) is 0 Å². The lowest BCUT2D eigenvalue weighted by Crippen LogP contribution is -2.19. The van der Waals surface area contributed by atoms with Gasteiger partial charge in [-0.3, -0.25) is 4.98 Å². The standard InChI is InChI=1S/C15H26N2/c1-4-6-7-13(5-2)12-15(16-3)14-8-10-17-11-9-14/h8-11,13,15-16H,4-7,12H2,1-3H3. The molecule has 1 aromatic rings. The zero-order chi connectivity index (χ0) is 12.5. The largest absolute Gasteiger partial charge is 0.313 e. The molecule has 17 heavy (non-hydrogen) atoms. The minimum atomic E-state index is 0.472. The summed E-state index contributed by atoms with van der Waals surface area (Å²) in [4.78, 5) is 4.08. The first-order chi connectivity index (χ1) is 8.31. The summed E-state index contributed by atoms with van der Waals surface area (Å²) in [5, 5.41) is 3.43. The number of nitrogens with one attached hydrogen (secondary N) is 1. The van der Waals surface area contributed by atoms with Gasteiger partial charge in [0.25, 0.3) is 0 Å². The third kappa shape index (κ3) is 4.86. The summed E-state index contributed by atoms with van der Waals surface area (Å²) >= 11 is 0. The van der Waals surface area contributed by atoms with Gasteiger partial charge in [-0.05, 0) is 37.1 Å². The summed E-state index contributed by atoms with van der Waals surface area (Å²) in [5.41, 5.74) is 1.36. The molecule has 2 heteroatoms. The molecule has 2 unspecified atom stereocenters. The summed E-state index contributed by atoms with van der Waals surface area (Å²) in [6, 6.07) is 4.71. The van der Waals surface area contributed by atoms with E-state index in [2.05, 4.69) is 43.3 Å². The highest BCUT2D eigenvalue weighted by molar-refractivity contribution is 5.14. The first-order valence-corrected chi connectivity index (χ1v) is 6.88. The number of hydrogen-bond donors (Lipinski definition) is 1.